The molecular formula is C20H23FN4O5S. The lowest BCUT2D eigenvalue weighted by Gasteiger charge is -2.23. The molecule has 1 aliphatic rings. The summed E-state index contributed by atoms with van der Waals surface area (Å²) in [4.78, 5) is 36.0. The van der Waals surface area contributed by atoms with Gasteiger partial charge in [0.2, 0.25) is 5.89 Å². The van der Waals surface area contributed by atoms with E-state index in [2.05, 4.69) is 20.8 Å². The van der Waals surface area contributed by atoms with Crippen molar-refractivity contribution in [2.75, 3.05) is 5.75 Å². The third-order valence-electron chi connectivity index (χ3n) is 4.67. The molecule has 2 N–H and O–H groups in total. The zero-order valence-electron chi connectivity index (χ0n) is 16.9. The highest BCUT2D eigenvalue weighted by molar-refractivity contribution is 7.99. The molecule has 0 spiro atoms. The fourth-order valence-corrected chi connectivity index (χ4v) is 3.61. The van der Waals surface area contributed by atoms with Gasteiger partial charge in [-0.05, 0) is 44.0 Å². The number of halogens is 1. The molecule has 0 bridgehead atoms. The number of hydrogen-bond donors (Lipinski definition) is 2. The van der Waals surface area contributed by atoms with Gasteiger partial charge < -0.3 is 14.5 Å². The van der Waals surface area contributed by atoms with Crippen LogP contribution >= 0.6 is 11.8 Å². The summed E-state index contributed by atoms with van der Waals surface area (Å²) in [6.07, 6.45) is 3.90. The second-order valence-corrected chi connectivity index (χ2v) is 8.03. The molecule has 1 aromatic heterocycles. The average molecular weight is 450 g/mol. The topological polar surface area (TPSA) is 123 Å². The van der Waals surface area contributed by atoms with Gasteiger partial charge in [0.05, 0.1) is 0 Å². The fraction of sp³-hybridized carbons (Fsp3) is 0.450. The lowest BCUT2D eigenvalue weighted by Crippen LogP contribution is -2.48. The van der Waals surface area contributed by atoms with Crippen LogP contribution in [0.3, 0.4) is 0 Å². The van der Waals surface area contributed by atoms with E-state index in [-0.39, 0.29) is 28.7 Å². The van der Waals surface area contributed by atoms with Crippen LogP contribution in [-0.4, -0.2) is 46.0 Å². The van der Waals surface area contributed by atoms with Crippen LogP contribution in [0.1, 0.15) is 39.0 Å². The molecule has 1 saturated carbocycles. The van der Waals surface area contributed by atoms with E-state index in [0.717, 1.165) is 43.9 Å². The molecule has 3 amide bonds. The van der Waals surface area contributed by atoms with Crippen LogP contribution < -0.4 is 10.6 Å². The molecule has 1 aromatic carbocycles. The molecule has 1 fully saturated rings. The van der Waals surface area contributed by atoms with E-state index in [0.29, 0.717) is 5.56 Å². The number of rotatable bonds is 7. The Balaban J connectivity index is 1.40. The van der Waals surface area contributed by atoms with Gasteiger partial charge in [0.25, 0.3) is 11.1 Å². The number of nitrogens with zero attached hydrogens (tertiary/aromatic N) is 2. The van der Waals surface area contributed by atoms with Crippen molar-refractivity contribution in [2.45, 2.75) is 56.4 Å². The first-order valence-corrected chi connectivity index (χ1v) is 10.9. The smallest absolute Gasteiger partial charge is 0.321 e. The first-order valence-electron chi connectivity index (χ1n) is 9.94. The number of thioether (sulfide) groups is 1. The number of esters is 1. The average Bonchev–Trinajstić information content (AvgIpc) is 3.22. The van der Waals surface area contributed by atoms with Gasteiger partial charge in [0, 0.05) is 11.6 Å². The number of benzene rings is 1. The standard InChI is InChI=1S/C20H23FN4O5S/c1-12(17(27)23-19(28)22-15-5-3-2-4-6-15)29-16(26)11-31-20-25-24-18(30-20)13-7-9-14(21)10-8-13/h7-10,12,15H,2-6,11H2,1H3,(H2,22,23,27,28)/t12-/m0/s1. The van der Waals surface area contributed by atoms with Crippen LogP contribution in [0.2, 0.25) is 0 Å². The van der Waals surface area contributed by atoms with E-state index in [1.165, 1.54) is 31.2 Å². The van der Waals surface area contributed by atoms with Gasteiger partial charge in [0.15, 0.2) is 6.10 Å². The van der Waals surface area contributed by atoms with E-state index >= 15 is 0 Å². The van der Waals surface area contributed by atoms with Crippen LogP contribution in [-0.2, 0) is 14.3 Å². The fourth-order valence-electron chi connectivity index (χ4n) is 3.06. The molecule has 2 aromatic rings. The van der Waals surface area contributed by atoms with Crippen molar-refractivity contribution in [3.63, 3.8) is 0 Å². The molecule has 9 nitrogen and oxygen atoms in total. The number of imide groups is 1. The second-order valence-electron chi connectivity index (χ2n) is 7.10. The summed E-state index contributed by atoms with van der Waals surface area (Å²) in [6, 6.07) is 5.00. The minimum atomic E-state index is -1.14. The number of aromatic nitrogens is 2. The molecule has 1 atom stereocenters. The van der Waals surface area contributed by atoms with E-state index in [1.54, 1.807) is 0 Å². The van der Waals surface area contributed by atoms with Gasteiger partial charge in [-0.1, -0.05) is 31.0 Å². The Morgan fingerprint density at radius 3 is 2.61 bits per heavy atom. The summed E-state index contributed by atoms with van der Waals surface area (Å²) in [7, 11) is 0. The minimum Gasteiger partial charge on any atom is -0.452 e. The molecule has 11 heteroatoms. The molecule has 0 saturated heterocycles. The largest absolute Gasteiger partial charge is 0.452 e. The number of hydrogen-bond acceptors (Lipinski definition) is 8. The normalized spacial score (nSPS) is 15.2. The highest BCUT2D eigenvalue weighted by Gasteiger charge is 2.22. The van der Waals surface area contributed by atoms with Crippen molar-refractivity contribution < 1.29 is 27.9 Å². The third kappa shape index (κ3) is 7.06. The van der Waals surface area contributed by atoms with E-state index in [9.17, 15) is 18.8 Å². The molecule has 3 rings (SSSR count). The maximum absolute atomic E-state index is 13.0. The summed E-state index contributed by atoms with van der Waals surface area (Å²) in [5, 5.41) is 12.7. The van der Waals surface area contributed by atoms with Crippen LogP contribution in [0, 0.1) is 5.82 Å². The van der Waals surface area contributed by atoms with Crippen molar-refractivity contribution in [2.24, 2.45) is 0 Å². The predicted molar refractivity (Wildman–Crippen MR) is 110 cm³/mol. The zero-order chi connectivity index (χ0) is 22.2. The molecule has 1 heterocycles. The summed E-state index contributed by atoms with van der Waals surface area (Å²) in [5.41, 5.74) is 0.542. The molecular weight excluding hydrogens is 427 g/mol. The van der Waals surface area contributed by atoms with E-state index < -0.39 is 24.0 Å². The van der Waals surface area contributed by atoms with Crippen molar-refractivity contribution >= 4 is 29.7 Å². The van der Waals surface area contributed by atoms with Crippen molar-refractivity contribution in [3.05, 3.63) is 30.1 Å². The van der Waals surface area contributed by atoms with Gasteiger partial charge in [0.1, 0.15) is 11.6 Å². The van der Waals surface area contributed by atoms with Crippen LogP contribution in [0.15, 0.2) is 33.9 Å². The minimum absolute atomic E-state index is 0.0602. The molecule has 0 unspecified atom stereocenters. The van der Waals surface area contributed by atoms with Crippen LogP contribution in [0.4, 0.5) is 9.18 Å². The first kappa shape index (κ1) is 22.7. The van der Waals surface area contributed by atoms with Crippen molar-refractivity contribution in [1.82, 2.24) is 20.8 Å². The van der Waals surface area contributed by atoms with Crippen molar-refractivity contribution in [3.8, 4) is 11.5 Å². The summed E-state index contributed by atoms with van der Waals surface area (Å²) >= 11 is 0.938. The van der Waals surface area contributed by atoms with E-state index in [4.69, 9.17) is 9.15 Å². The molecule has 31 heavy (non-hydrogen) atoms. The lowest BCUT2D eigenvalue weighted by atomic mass is 9.96. The summed E-state index contributed by atoms with van der Waals surface area (Å²) < 4.78 is 23.4. The first-order chi connectivity index (χ1) is 14.9. The Kier molecular flexibility index (Phi) is 7.99. The Labute approximate surface area is 182 Å². The van der Waals surface area contributed by atoms with Gasteiger partial charge in [-0.2, -0.15) is 0 Å². The third-order valence-corrected chi connectivity index (χ3v) is 5.46. The van der Waals surface area contributed by atoms with Crippen LogP contribution in [0.5, 0.6) is 0 Å². The van der Waals surface area contributed by atoms with Gasteiger partial charge in [-0.15, -0.1) is 10.2 Å². The SMILES string of the molecule is C[C@H](OC(=O)CSc1nnc(-c2ccc(F)cc2)o1)C(=O)NC(=O)NC1CCCCC1. The Morgan fingerprint density at radius 2 is 1.90 bits per heavy atom. The zero-order valence-corrected chi connectivity index (χ0v) is 17.7. The number of nitrogens with one attached hydrogen (secondary N) is 2. The lowest BCUT2D eigenvalue weighted by molar-refractivity contribution is -0.151. The monoisotopic (exact) mass is 450 g/mol. The maximum atomic E-state index is 13.0. The number of urea groups is 1. The molecule has 0 aliphatic heterocycles. The Hall–Kier alpha value is -2.95. The highest BCUT2D eigenvalue weighted by atomic mass is 32.2. The second kappa shape index (κ2) is 10.9. The molecule has 0 radical (unpaired) electrons. The van der Waals surface area contributed by atoms with Gasteiger partial charge >= 0.3 is 12.0 Å². The summed E-state index contributed by atoms with van der Waals surface area (Å²) in [5.74, 6) is -1.75. The highest BCUT2D eigenvalue weighted by Crippen LogP contribution is 2.23. The predicted octanol–water partition coefficient (Wildman–Crippen LogP) is 3.06. The van der Waals surface area contributed by atoms with E-state index in [1.807, 2.05) is 0 Å². The maximum Gasteiger partial charge on any atom is 0.321 e. The number of carbonyl (C=O) groups is 3. The Bertz CT molecular complexity index is 915. The van der Waals surface area contributed by atoms with Crippen LogP contribution in [0.25, 0.3) is 11.5 Å². The van der Waals surface area contributed by atoms with Gasteiger partial charge in [-0.25, -0.2) is 9.18 Å². The van der Waals surface area contributed by atoms with Gasteiger partial charge in [-0.3, -0.25) is 14.9 Å². The quantitative estimate of drug-likeness (QED) is 0.487. The van der Waals surface area contributed by atoms with Crippen molar-refractivity contribution in [1.29, 1.82) is 0 Å². The molecule has 1 aliphatic carbocycles. The number of ether oxygens (including phenoxy) is 1. The Morgan fingerprint density at radius 1 is 1.19 bits per heavy atom. The number of amides is 3. The number of carbonyl (C=O) groups excluding carboxylic acids is 3. The molecule has 166 valence electrons. The summed E-state index contributed by atoms with van der Waals surface area (Å²) in [6.45, 7) is 1.38.